The van der Waals surface area contributed by atoms with Gasteiger partial charge in [0.25, 0.3) is 5.91 Å². The number of carbonyl (C=O) groups is 1. The van der Waals surface area contributed by atoms with Crippen molar-refractivity contribution >= 4 is 16.9 Å². The third-order valence-corrected chi connectivity index (χ3v) is 4.14. The summed E-state index contributed by atoms with van der Waals surface area (Å²) in [5.41, 5.74) is 2.01. The lowest BCUT2D eigenvalue weighted by atomic mass is 10.2. The Bertz CT molecular complexity index is 657. The predicted octanol–water partition coefficient (Wildman–Crippen LogP) is 1.63. The summed E-state index contributed by atoms with van der Waals surface area (Å²) in [7, 11) is 0. The minimum Gasteiger partial charge on any atom is -0.377 e. The van der Waals surface area contributed by atoms with Crippen molar-refractivity contribution in [3.63, 3.8) is 0 Å². The fourth-order valence-electron chi connectivity index (χ4n) is 3.15. The number of fused-ring (bicyclic) bond motifs is 3. The van der Waals surface area contributed by atoms with Crippen molar-refractivity contribution in [2.45, 2.75) is 24.9 Å². The number of morpholine rings is 1. The van der Waals surface area contributed by atoms with E-state index in [0.29, 0.717) is 18.9 Å². The molecule has 0 aliphatic carbocycles. The van der Waals surface area contributed by atoms with E-state index < -0.39 is 0 Å². The molecule has 0 N–H and O–H groups in total. The normalized spacial score (nSPS) is 25.1. The van der Waals surface area contributed by atoms with Crippen LogP contribution in [0, 0.1) is 0 Å². The zero-order valence-electron chi connectivity index (χ0n) is 11.0. The van der Waals surface area contributed by atoms with Gasteiger partial charge < -0.3 is 9.64 Å². The summed E-state index contributed by atoms with van der Waals surface area (Å²) < 4.78 is 5.51. The SMILES string of the molecule is O=C(c1cnc2ccccc2n1)N1[C@H]2CC[C@H]1COC2. The molecule has 2 aliphatic rings. The molecule has 1 aromatic carbocycles. The summed E-state index contributed by atoms with van der Waals surface area (Å²) in [4.78, 5) is 23.4. The zero-order chi connectivity index (χ0) is 13.5. The van der Waals surface area contributed by atoms with Gasteiger partial charge in [-0.1, -0.05) is 12.1 Å². The summed E-state index contributed by atoms with van der Waals surface area (Å²) in [6.45, 7) is 1.28. The quantitative estimate of drug-likeness (QED) is 0.789. The van der Waals surface area contributed by atoms with Crippen LogP contribution in [0.25, 0.3) is 11.0 Å². The lowest BCUT2D eigenvalue weighted by Crippen LogP contribution is -2.49. The predicted molar refractivity (Wildman–Crippen MR) is 73.3 cm³/mol. The Morgan fingerprint density at radius 1 is 1.15 bits per heavy atom. The molecule has 2 saturated heterocycles. The molecule has 5 nitrogen and oxygen atoms in total. The van der Waals surface area contributed by atoms with Crippen LogP contribution in [0.2, 0.25) is 0 Å². The fourth-order valence-corrected chi connectivity index (χ4v) is 3.15. The second-order valence-electron chi connectivity index (χ2n) is 5.38. The molecule has 5 heteroatoms. The molecule has 1 amide bonds. The summed E-state index contributed by atoms with van der Waals surface area (Å²) in [6, 6.07) is 8.01. The van der Waals surface area contributed by atoms with Crippen LogP contribution in [0.5, 0.6) is 0 Å². The Morgan fingerprint density at radius 2 is 1.85 bits per heavy atom. The largest absolute Gasteiger partial charge is 0.377 e. The van der Waals surface area contributed by atoms with E-state index in [0.717, 1.165) is 23.9 Å². The van der Waals surface area contributed by atoms with Gasteiger partial charge in [-0.05, 0) is 25.0 Å². The molecule has 2 aromatic rings. The second kappa shape index (κ2) is 4.52. The first-order valence-corrected chi connectivity index (χ1v) is 6.95. The van der Waals surface area contributed by atoms with Crippen molar-refractivity contribution in [2.24, 2.45) is 0 Å². The Kier molecular flexibility index (Phi) is 2.67. The molecule has 0 saturated carbocycles. The highest BCUT2D eigenvalue weighted by Gasteiger charge is 2.41. The molecule has 1 aromatic heterocycles. The van der Waals surface area contributed by atoms with Crippen molar-refractivity contribution in [2.75, 3.05) is 13.2 Å². The molecule has 102 valence electrons. The minimum absolute atomic E-state index is 0.0148. The van der Waals surface area contributed by atoms with E-state index in [2.05, 4.69) is 9.97 Å². The molecule has 2 bridgehead atoms. The second-order valence-corrected chi connectivity index (χ2v) is 5.38. The van der Waals surface area contributed by atoms with E-state index in [1.807, 2.05) is 29.2 Å². The maximum absolute atomic E-state index is 12.7. The Hall–Kier alpha value is -2.01. The summed E-state index contributed by atoms with van der Waals surface area (Å²) in [5.74, 6) is -0.0148. The molecular formula is C15H15N3O2. The molecule has 0 unspecified atom stereocenters. The van der Waals surface area contributed by atoms with Crippen molar-refractivity contribution in [3.8, 4) is 0 Å². The zero-order valence-corrected chi connectivity index (χ0v) is 11.0. The van der Waals surface area contributed by atoms with Gasteiger partial charge in [-0.25, -0.2) is 4.98 Å². The smallest absolute Gasteiger partial charge is 0.274 e. The maximum atomic E-state index is 12.7. The topological polar surface area (TPSA) is 55.3 Å². The molecule has 2 fully saturated rings. The van der Waals surface area contributed by atoms with Crippen LogP contribution < -0.4 is 0 Å². The first-order valence-electron chi connectivity index (χ1n) is 6.95. The summed E-state index contributed by atoms with van der Waals surface area (Å²) in [5, 5.41) is 0. The van der Waals surface area contributed by atoms with Gasteiger partial charge >= 0.3 is 0 Å². The Balaban J connectivity index is 1.70. The van der Waals surface area contributed by atoms with E-state index >= 15 is 0 Å². The molecule has 2 aliphatic heterocycles. The number of aromatic nitrogens is 2. The van der Waals surface area contributed by atoms with Crippen LogP contribution in [-0.4, -0.2) is 46.1 Å². The monoisotopic (exact) mass is 269 g/mol. The number of ether oxygens (including phenoxy) is 1. The summed E-state index contributed by atoms with van der Waals surface area (Å²) >= 11 is 0. The van der Waals surface area contributed by atoms with Gasteiger partial charge in [0.15, 0.2) is 0 Å². The van der Waals surface area contributed by atoms with Crippen molar-refractivity contribution in [1.82, 2.24) is 14.9 Å². The number of rotatable bonds is 1. The van der Waals surface area contributed by atoms with Crippen molar-refractivity contribution < 1.29 is 9.53 Å². The average molecular weight is 269 g/mol. The van der Waals surface area contributed by atoms with Crippen molar-refractivity contribution in [1.29, 1.82) is 0 Å². The number of nitrogens with zero attached hydrogens (tertiary/aromatic N) is 3. The average Bonchev–Trinajstić information content (AvgIpc) is 2.75. The molecular weight excluding hydrogens is 254 g/mol. The van der Waals surface area contributed by atoms with E-state index in [9.17, 15) is 4.79 Å². The fraction of sp³-hybridized carbons (Fsp3) is 0.400. The number of hydrogen-bond acceptors (Lipinski definition) is 4. The maximum Gasteiger partial charge on any atom is 0.274 e. The third-order valence-electron chi connectivity index (χ3n) is 4.14. The molecule has 2 atom stereocenters. The van der Waals surface area contributed by atoms with Crippen LogP contribution in [0.3, 0.4) is 0 Å². The van der Waals surface area contributed by atoms with Gasteiger partial charge in [-0.3, -0.25) is 9.78 Å². The Morgan fingerprint density at radius 3 is 2.60 bits per heavy atom. The molecule has 0 spiro atoms. The number of carbonyl (C=O) groups excluding carboxylic acids is 1. The van der Waals surface area contributed by atoms with Crippen LogP contribution >= 0.6 is 0 Å². The van der Waals surface area contributed by atoms with Crippen LogP contribution in [0.1, 0.15) is 23.3 Å². The highest BCUT2D eigenvalue weighted by atomic mass is 16.5. The van der Waals surface area contributed by atoms with Gasteiger partial charge in [-0.15, -0.1) is 0 Å². The Labute approximate surface area is 116 Å². The van der Waals surface area contributed by atoms with Gasteiger partial charge in [0.05, 0.1) is 42.5 Å². The lowest BCUT2D eigenvalue weighted by Gasteiger charge is -2.34. The van der Waals surface area contributed by atoms with Crippen LogP contribution in [0.4, 0.5) is 0 Å². The standard InChI is InChI=1S/C15H15N3O2/c19-15(18-10-5-6-11(18)9-20-8-10)14-7-16-12-3-1-2-4-13(12)17-14/h1-4,7,10-11H,5-6,8-9H2/t10-,11-/m0/s1. The van der Waals surface area contributed by atoms with Crippen molar-refractivity contribution in [3.05, 3.63) is 36.2 Å². The number of benzene rings is 1. The van der Waals surface area contributed by atoms with Gasteiger partial charge in [0, 0.05) is 0 Å². The van der Waals surface area contributed by atoms with Gasteiger partial charge in [0.1, 0.15) is 5.69 Å². The molecule has 4 rings (SSSR count). The lowest BCUT2D eigenvalue weighted by molar-refractivity contribution is -0.00746. The highest BCUT2D eigenvalue weighted by Crippen LogP contribution is 2.30. The first kappa shape index (κ1) is 11.8. The number of hydrogen-bond donors (Lipinski definition) is 0. The van der Waals surface area contributed by atoms with Gasteiger partial charge in [0.2, 0.25) is 0 Å². The van der Waals surface area contributed by atoms with E-state index in [1.54, 1.807) is 6.20 Å². The van der Waals surface area contributed by atoms with E-state index in [1.165, 1.54) is 0 Å². The molecule has 0 radical (unpaired) electrons. The third kappa shape index (κ3) is 1.78. The van der Waals surface area contributed by atoms with E-state index in [-0.39, 0.29) is 18.0 Å². The first-order chi connectivity index (χ1) is 9.83. The minimum atomic E-state index is -0.0148. The number of amides is 1. The van der Waals surface area contributed by atoms with Crippen LogP contribution in [0.15, 0.2) is 30.5 Å². The number of para-hydroxylation sites is 2. The summed E-state index contributed by atoms with van der Waals surface area (Å²) in [6.07, 6.45) is 3.63. The molecule has 3 heterocycles. The van der Waals surface area contributed by atoms with Crippen LogP contribution in [-0.2, 0) is 4.74 Å². The molecule has 20 heavy (non-hydrogen) atoms. The van der Waals surface area contributed by atoms with Gasteiger partial charge in [-0.2, -0.15) is 0 Å². The highest BCUT2D eigenvalue weighted by molar-refractivity contribution is 5.94. The van der Waals surface area contributed by atoms with E-state index in [4.69, 9.17) is 4.74 Å².